The van der Waals surface area contributed by atoms with Crippen LogP contribution in [0.1, 0.15) is 27.2 Å². The lowest BCUT2D eigenvalue weighted by atomic mass is 10.1. The highest BCUT2D eigenvalue weighted by Crippen LogP contribution is 2.24. The van der Waals surface area contributed by atoms with Crippen LogP contribution in [0.5, 0.6) is 0 Å². The molecule has 100 valence electrons. The predicted octanol–water partition coefficient (Wildman–Crippen LogP) is 4.93. The summed E-state index contributed by atoms with van der Waals surface area (Å²) in [6.07, 6.45) is 0. The van der Waals surface area contributed by atoms with Gasteiger partial charge in [0.2, 0.25) is 5.78 Å². The Morgan fingerprint density at radius 2 is 1.80 bits per heavy atom. The molecule has 1 aromatic heterocycles. The summed E-state index contributed by atoms with van der Waals surface area (Å²) in [6.45, 7) is 3.92. The number of aryl methyl sites for hydroxylation is 2. The molecule has 0 aliphatic heterocycles. The van der Waals surface area contributed by atoms with Crippen LogP contribution in [-0.4, -0.2) is 5.78 Å². The molecule has 3 heteroatoms. The molecule has 1 heterocycles. The molecule has 0 saturated carbocycles. The lowest BCUT2D eigenvalue weighted by molar-refractivity contribution is 0.101. The molecule has 0 bridgehead atoms. The van der Waals surface area contributed by atoms with E-state index in [0.29, 0.717) is 16.3 Å². The summed E-state index contributed by atoms with van der Waals surface area (Å²) in [6, 6.07) is 12.9. The first kappa shape index (κ1) is 12.9. The van der Waals surface area contributed by atoms with Crippen molar-refractivity contribution in [2.24, 2.45) is 0 Å². The molecule has 0 radical (unpaired) electrons. The van der Waals surface area contributed by atoms with Crippen molar-refractivity contribution in [3.05, 3.63) is 69.9 Å². The Kier molecular flexibility index (Phi) is 3.11. The summed E-state index contributed by atoms with van der Waals surface area (Å²) >= 11 is 6.00. The van der Waals surface area contributed by atoms with Gasteiger partial charge in [0.05, 0.1) is 0 Å². The summed E-state index contributed by atoms with van der Waals surface area (Å²) in [7, 11) is 0. The maximum Gasteiger partial charge on any atom is 0.228 e. The molecule has 3 rings (SSSR count). The van der Waals surface area contributed by atoms with Crippen LogP contribution in [0.3, 0.4) is 0 Å². The third-order valence-corrected chi connectivity index (χ3v) is 3.42. The van der Waals surface area contributed by atoms with E-state index < -0.39 is 0 Å². The van der Waals surface area contributed by atoms with E-state index in [2.05, 4.69) is 0 Å². The number of carbonyl (C=O) groups is 1. The zero-order chi connectivity index (χ0) is 14.3. The van der Waals surface area contributed by atoms with Crippen molar-refractivity contribution in [3.63, 3.8) is 0 Å². The first-order chi connectivity index (χ1) is 9.52. The van der Waals surface area contributed by atoms with Crippen LogP contribution in [0.15, 0.2) is 46.9 Å². The number of fused-ring (bicyclic) bond motifs is 1. The molecule has 0 unspecified atom stereocenters. The standard InChI is InChI=1S/C17H13ClO2/c1-10-3-4-15-12(5-10)9-16(20-15)17(19)13-6-11(2)7-14(18)8-13/h3-9H,1-2H3. The highest BCUT2D eigenvalue weighted by Gasteiger charge is 2.15. The van der Waals surface area contributed by atoms with E-state index in [4.69, 9.17) is 16.0 Å². The molecule has 0 N–H and O–H groups in total. The fourth-order valence-corrected chi connectivity index (χ4v) is 2.57. The van der Waals surface area contributed by atoms with Crippen LogP contribution < -0.4 is 0 Å². The van der Waals surface area contributed by atoms with E-state index >= 15 is 0 Å². The zero-order valence-corrected chi connectivity index (χ0v) is 12.0. The van der Waals surface area contributed by atoms with E-state index in [-0.39, 0.29) is 5.78 Å². The van der Waals surface area contributed by atoms with Crippen LogP contribution >= 0.6 is 11.6 Å². The Morgan fingerprint density at radius 1 is 1.00 bits per heavy atom. The number of furan rings is 1. The van der Waals surface area contributed by atoms with E-state index in [1.807, 2.05) is 44.2 Å². The lowest BCUT2D eigenvalue weighted by Crippen LogP contribution is -1.99. The maximum atomic E-state index is 12.5. The topological polar surface area (TPSA) is 30.2 Å². The third kappa shape index (κ3) is 2.35. The smallest absolute Gasteiger partial charge is 0.228 e. The van der Waals surface area contributed by atoms with E-state index in [0.717, 1.165) is 22.1 Å². The van der Waals surface area contributed by atoms with E-state index in [9.17, 15) is 4.79 Å². The van der Waals surface area contributed by atoms with Gasteiger partial charge in [-0.25, -0.2) is 0 Å². The van der Waals surface area contributed by atoms with Crippen molar-refractivity contribution >= 4 is 28.4 Å². The van der Waals surface area contributed by atoms with Crippen molar-refractivity contribution in [2.75, 3.05) is 0 Å². The second-order valence-electron chi connectivity index (χ2n) is 5.00. The molecule has 0 aliphatic rings. The fourth-order valence-electron chi connectivity index (χ4n) is 2.28. The van der Waals surface area contributed by atoms with Gasteiger partial charge < -0.3 is 4.42 Å². The van der Waals surface area contributed by atoms with E-state index in [1.165, 1.54) is 0 Å². The molecule has 3 aromatic rings. The van der Waals surface area contributed by atoms with Gasteiger partial charge in [0, 0.05) is 16.0 Å². The monoisotopic (exact) mass is 284 g/mol. The average molecular weight is 285 g/mol. The van der Waals surface area contributed by atoms with Crippen molar-refractivity contribution in [1.29, 1.82) is 0 Å². The van der Waals surface area contributed by atoms with Crippen molar-refractivity contribution in [2.45, 2.75) is 13.8 Å². The first-order valence-corrected chi connectivity index (χ1v) is 6.73. The van der Waals surface area contributed by atoms with Gasteiger partial charge in [0.15, 0.2) is 5.76 Å². The van der Waals surface area contributed by atoms with E-state index in [1.54, 1.807) is 12.1 Å². The van der Waals surface area contributed by atoms with Crippen molar-refractivity contribution < 1.29 is 9.21 Å². The quantitative estimate of drug-likeness (QED) is 0.624. The maximum absolute atomic E-state index is 12.5. The van der Waals surface area contributed by atoms with Gasteiger partial charge in [0.25, 0.3) is 0 Å². The fraction of sp³-hybridized carbons (Fsp3) is 0.118. The third-order valence-electron chi connectivity index (χ3n) is 3.20. The molecule has 2 nitrogen and oxygen atoms in total. The Balaban J connectivity index is 2.07. The average Bonchev–Trinajstić information content (AvgIpc) is 2.79. The molecule has 0 amide bonds. The Morgan fingerprint density at radius 3 is 2.55 bits per heavy atom. The molecule has 0 saturated heterocycles. The van der Waals surface area contributed by atoms with Gasteiger partial charge in [-0.15, -0.1) is 0 Å². The van der Waals surface area contributed by atoms with Crippen LogP contribution in [0.25, 0.3) is 11.0 Å². The molecule has 2 aromatic carbocycles. The minimum Gasteiger partial charge on any atom is -0.453 e. The number of hydrogen-bond donors (Lipinski definition) is 0. The largest absolute Gasteiger partial charge is 0.453 e. The number of rotatable bonds is 2. The van der Waals surface area contributed by atoms with Crippen molar-refractivity contribution in [3.8, 4) is 0 Å². The van der Waals surface area contributed by atoms with Gasteiger partial charge in [-0.1, -0.05) is 23.2 Å². The number of hydrogen-bond acceptors (Lipinski definition) is 2. The Labute approximate surface area is 122 Å². The van der Waals surface area contributed by atoms with Gasteiger partial charge >= 0.3 is 0 Å². The summed E-state index contributed by atoms with van der Waals surface area (Å²) in [5, 5.41) is 1.49. The second-order valence-corrected chi connectivity index (χ2v) is 5.43. The molecule has 0 atom stereocenters. The lowest BCUT2D eigenvalue weighted by Gasteiger charge is -2.00. The summed E-state index contributed by atoms with van der Waals surface area (Å²) in [4.78, 5) is 12.5. The molecule has 0 spiro atoms. The SMILES string of the molecule is Cc1cc(Cl)cc(C(=O)c2cc3cc(C)ccc3o2)c1. The Bertz CT molecular complexity index is 795. The number of carbonyl (C=O) groups excluding carboxylic acids is 1. The van der Waals surface area contributed by atoms with Gasteiger partial charge in [-0.3, -0.25) is 4.79 Å². The summed E-state index contributed by atoms with van der Waals surface area (Å²) < 4.78 is 5.63. The van der Waals surface area contributed by atoms with Gasteiger partial charge in [0.1, 0.15) is 5.58 Å². The minimum atomic E-state index is -0.149. The summed E-state index contributed by atoms with van der Waals surface area (Å²) in [5.74, 6) is 0.191. The number of ketones is 1. The van der Waals surface area contributed by atoms with Gasteiger partial charge in [-0.2, -0.15) is 0 Å². The predicted molar refractivity (Wildman–Crippen MR) is 80.6 cm³/mol. The van der Waals surface area contributed by atoms with Crippen molar-refractivity contribution in [1.82, 2.24) is 0 Å². The van der Waals surface area contributed by atoms with Crippen LogP contribution in [0.4, 0.5) is 0 Å². The molecule has 20 heavy (non-hydrogen) atoms. The first-order valence-electron chi connectivity index (χ1n) is 6.35. The zero-order valence-electron chi connectivity index (χ0n) is 11.2. The highest BCUT2D eigenvalue weighted by atomic mass is 35.5. The normalized spacial score (nSPS) is 10.9. The second kappa shape index (κ2) is 4.80. The van der Waals surface area contributed by atoms with Gasteiger partial charge in [-0.05, 0) is 55.8 Å². The molecule has 0 aliphatic carbocycles. The molecular formula is C17H13ClO2. The van der Waals surface area contributed by atoms with Crippen LogP contribution in [0.2, 0.25) is 5.02 Å². The molecule has 0 fully saturated rings. The minimum absolute atomic E-state index is 0.149. The summed E-state index contributed by atoms with van der Waals surface area (Å²) in [5.41, 5.74) is 3.35. The number of halogens is 1. The number of benzene rings is 2. The Hall–Kier alpha value is -2.06. The van der Waals surface area contributed by atoms with Crippen LogP contribution in [-0.2, 0) is 0 Å². The highest BCUT2D eigenvalue weighted by molar-refractivity contribution is 6.31. The molecular weight excluding hydrogens is 272 g/mol. The van der Waals surface area contributed by atoms with Crippen LogP contribution in [0, 0.1) is 13.8 Å².